The first kappa shape index (κ1) is 18.9. The Kier molecular flexibility index (Phi) is 5.32. The zero-order valence-electron chi connectivity index (χ0n) is 15.8. The molecule has 3 heterocycles. The first-order valence-corrected chi connectivity index (χ1v) is 11.4. The molecule has 0 aliphatic carbocycles. The van der Waals surface area contributed by atoms with Crippen molar-refractivity contribution in [3.63, 3.8) is 0 Å². The maximum Gasteiger partial charge on any atom is 0.175 e. The van der Waals surface area contributed by atoms with Crippen LogP contribution in [0.4, 0.5) is 5.82 Å². The number of hydrogen-bond acceptors (Lipinski definition) is 7. The van der Waals surface area contributed by atoms with Crippen LogP contribution in [-0.4, -0.2) is 49.2 Å². The molecule has 2 aromatic heterocycles. The third kappa shape index (κ3) is 4.02. The fourth-order valence-corrected chi connectivity index (χ4v) is 4.37. The highest BCUT2D eigenvalue weighted by atomic mass is 32.2. The van der Waals surface area contributed by atoms with Gasteiger partial charge in [-0.3, -0.25) is 4.90 Å². The van der Waals surface area contributed by atoms with Crippen LogP contribution in [0, 0.1) is 0 Å². The predicted molar refractivity (Wildman–Crippen MR) is 108 cm³/mol. The van der Waals surface area contributed by atoms with E-state index in [4.69, 9.17) is 4.42 Å². The van der Waals surface area contributed by atoms with Crippen molar-refractivity contribution in [1.29, 1.82) is 0 Å². The number of benzene rings is 1. The van der Waals surface area contributed by atoms with Gasteiger partial charge in [-0.15, -0.1) is 0 Å². The van der Waals surface area contributed by atoms with Crippen LogP contribution in [0.1, 0.15) is 31.1 Å². The SMILES string of the molecule is CS(=O)(=O)c1ccc2ncnc(NCC(c3ccco3)N3CCCCC3)c2c1. The molecule has 0 saturated carbocycles. The number of fused-ring (bicyclic) bond motifs is 1. The highest BCUT2D eigenvalue weighted by molar-refractivity contribution is 7.90. The number of piperidine rings is 1. The van der Waals surface area contributed by atoms with E-state index in [0.29, 0.717) is 23.3 Å². The van der Waals surface area contributed by atoms with Crippen molar-refractivity contribution < 1.29 is 12.8 Å². The fourth-order valence-electron chi connectivity index (χ4n) is 3.72. The van der Waals surface area contributed by atoms with E-state index < -0.39 is 9.84 Å². The quantitative estimate of drug-likeness (QED) is 0.679. The molecule has 7 nitrogen and oxygen atoms in total. The molecule has 1 saturated heterocycles. The van der Waals surface area contributed by atoms with Gasteiger partial charge >= 0.3 is 0 Å². The molecule has 0 radical (unpaired) electrons. The van der Waals surface area contributed by atoms with Gasteiger partial charge in [0.1, 0.15) is 17.9 Å². The molecule has 1 aliphatic heterocycles. The van der Waals surface area contributed by atoms with Crippen LogP contribution >= 0.6 is 0 Å². The molecule has 1 aliphatic rings. The third-order valence-corrected chi connectivity index (χ3v) is 6.31. The van der Waals surface area contributed by atoms with Crippen LogP contribution in [0.15, 0.2) is 52.2 Å². The Morgan fingerprint density at radius 1 is 1.18 bits per heavy atom. The van der Waals surface area contributed by atoms with E-state index in [9.17, 15) is 8.42 Å². The average Bonchev–Trinajstić information content (AvgIpc) is 3.22. The predicted octanol–water partition coefficient (Wildman–Crippen LogP) is 3.27. The van der Waals surface area contributed by atoms with Gasteiger partial charge < -0.3 is 9.73 Å². The summed E-state index contributed by atoms with van der Waals surface area (Å²) < 4.78 is 29.6. The summed E-state index contributed by atoms with van der Waals surface area (Å²) in [5.74, 6) is 1.55. The molecule has 1 aromatic carbocycles. The molecule has 148 valence electrons. The summed E-state index contributed by atoms with van der Waals surface area (Å²) in [6.45, 7) is 2.69. The van der Waals surface area contributed by atoms with Gasteiger partial charge in [-0.25, -0.2) is 18.4 Å². The Hall–Kier alpha value is -2.45. The molecule has 1 N–H and O–H groups in total. The summed E-state index contributed by atoms with van der Waals surface area (Å²) in [6, 6.07) is 8.93. The lowest BCUT2D eigenvalue weighted by Crippen LogP contribution is -2.37. The van der Waals surface area contributed by atoms with E-state index in [1.54, 1.807) is 24.5 Å². The largest absolute Gasteiger partial charge is 0.468 e. The van der Waals surface area contributed by atoms with Crippen LogP contribution in [-0.2, 0) is 9.84 Å². The first-order valence-electron chi connectivity index (χ1n) is 9.48. The first-order chi connectivity index (χ1) is 13.5. The number of rotatable bonds is 6. The summed E-state index contributed by atoms with van der Waals surface area (Å²) in [4.78, 5) is 11.3. The summed E-state index contributed by atoms with van der Waals surface area (Å²) in [7, 11) is -3.30. The molecule has 1 fully saturated rings. The zero-order valence-corrected chi connectivity index (χ0v) is 16.7. The molecule has 0 amide bonds. The molecule has 0 spiro atoms. The van der Waals surface area contributed by atoms with Gasteiger partial charge in [-0.05, 0) is 56.3 Å². The second-order valence-electron chi connectivity index (χ2n) is 7.18. The van der Waals surface area contributed by atoms with Crippen LogP contribution in [0.25, 0.3) is 10.9 Å². The van der Waals surface area contributed by atoms with Gasteiger partial charge in [0.2, 0.25) is 0 Å². The number of sulfone groups is 1. The maximum absolute atomic E-state index is 11.9. The molecule has 0 bridgehead atoms. The standard InChI is InChI=1S/C20H24N4O3S/c1-28(25,26)15-7-8-17-16(12-15)20(23-14-22-17)21-13-18(19-6-5-11-27-19)24-9-3-2-4-10-24/h5-8,11-12,14,18H,2-4,9-10,13H2,1H3,(H,21,22,23). The van der Waals surface area contributed by atoms with Gasteiger partial charge in [0, 0.05) is 18.2 Å². The summed E-state index contributed by atoms with van der Waals surface area (Å²) in [6.07, 6.45) is 8.03. The van der Waals surface area contributed by atoms with Crippen LogP contribution in [0.3, 0.4) is 0 Å². The number of nitrogens with zero attached hydrogens (tertiary/aromatic N) is 3. The minimum absolute atomic E-state index is 0.0957. The summed E-state index contributed by atoms with van der Waals surface area (Å²) >= 11 is 0. The highest BCUT2D eigenvalue weighted by Gasteiger charge is 2.24. The van der Waals surface area contributed by atoms with Crippen molar-refractivity contribution in [1.82, 2.24) is 14.9 Å². The van der Waals surface area contributed by atoms with Gasteiger partial charge in [0.25, 0.3) is 0 Å². The molecular formula is C20H24N4O3S. The number of anilines is 1. The van der Waals surface area contributed by atoms with E-state index in [0.717, 1.165) is 18.8 Å². The Labute approximate surface area is 164 Å². The van der Waals surface area contributed by atoms with Gasteiger partial charge in [-0.2, -0.15) is 0 Å². The van der Waals surface area contributed by atoms with Crippen molar-refractivity contribution in [2.75, 3.05) is 31.2 Å². The zero-order chi connectivity index (χ0) is 19.6. The lowest BCUT2D eigenvalue weighted by Gasteiger charge is -2.33. The number of likely N-dealkylation sites (tertiary alicyclic amines) is 1. The van der Waals surface area contributed by atoms with Crippen molar-refractivity contribution in [2.45, 2.75) is 30.2 Å². The molecule has 3 aromatic rings. The van der Waals surface area contributed by atoms with E-state index in [2.05, 4.69) is 20.2 Å². The Morgan fingerprint density at radius 3 is 2.71 bits per heavy atom. The van der Waals surface area contributed by atoms with E-state index in [-0.39, 0.29) is 10.9 Å². The number of hydrogen-bond donors (Lipinski definition) is 1. The van der Waals surface area contributed by atoms with Crippen LogP contribution < -0.4 is 5.32 Å². The summed E-state index contributed by atoms with van der Waals surface area (Å²) in [5, 5.41) is 4.10. The van der Waals surface area contributed by atoms with Crippen molar-refractivity contribution in [3.8, 4) is 0 Å². The molecular weight excluding hydrogens is 376 g/mol. The molecule has 28 heavy (non-hydrogen) atoms. The third-order valence-electron chi connectivity index (χ3n) is 5.20. The minimum atomic E-state index is -3.30. The highest BCUT2D eigenvalue weighted by Crippen LogP contribution is 2.27. The fraction of sp³-hybridized carbons (Fsp3) is 0.400. The van der Waals surface area contributed by atoms with E-state index in [1.807, 2.05) is 12.1 Å². The monoisotopic (exact) mass is 400 g/mol. The Balaban J connectivity index is 1.62. The second kappa shape index (κ2) is 7.89. The van der Waals surface area contributed by atoms with Crippen LogP contribution in [0.2, 0.25) is 0 Å². The Bertz CT molecular complexity index is 1040. The van der Waals surface area contributed by atoms with Crippen molar-refractivity contribution in [3.05, 3.63) is 48.7 Å². The van der Waals surface area contributed by atoms with Crippen molar-refractivity contribution in [2.24, 2.45) is 0 Å². The number of furan rings is 1. The van der Waals surface area contributed by atoms with Gasteiger partial charge in [0.15, 0.2) is 9.84 Å². The second-order valence-corrected chi connectivity index (χ2v) is 9.20. The number of nitrogens with one attached hydrogen (secondary N) is 1. The number of aromatic nitrogens is 2. The van der Waals surface area contributed by atoms with Gasteiger partial charge in [-0.1, -0.05) is 6.42 Å². The minimum Gasteiger partial charge on any atom is -0.468 e. The molecule has 1 atom stereocenters. The van der Waals surface area contributed by atoms with Crippen molar-refractivity contribution >= 4 is 26.6 Å². The normalized spacial score (nSPS) is 16.9. The molecule has 1 unspecified atom stereocenters. The van der Waals surface area contributed by atoms with E-state index >= 15 is 0 Å². The lowest BCUT2D eigenvalue weighted by molar-refractivity contribution is 0.153. The molecule has 8 heteroatoms. The van der Waals surface area contributed by atoms with Crippen LogP contribution in [0.5, 0.6) is 0 Å². The van der Waals surface area contributed by atoms with Gasteiger partial charge in [0.05, 0.1) is 22.7 Å². The average molecular weight is 401 g/mol. The molecule has 4 rings (SSSR count). The smallest absolute Gasteiger partial charge is 0.175 e. The Morgan fingerprint density at radius 2 is 2.00 bits per heavy atom. The lowest BCUT2D eigenvalue weighted by atomic mass is 10.1. The van der Waals surface area contributed by atoms with E-state index in [1.165, 1.54) is 31.8 Å². The summed E-state index contributed by atoms with van der Waals surface area (Å²) in [5.41, 5.74) is 0.706. The maximum atomic E-state index is 11.9. The topological polar surface area (TPSA) is 88.3 Å².